The van der Waals surface area contributed by atoms with Crippen molar-refractivity contribution in [3.05, 3.63) is 59.9 Å². The van der Waals surface area contributed by atoms with E-state index < -0.39 is 5.82 Å². The molecule has 0 radical (unpaired) electrons. The van der Waals surface area contributed by atoms with Crippen LogP contribution >= 0.6 is 0 Å². The van der Waals surface area contributed by atoms with E-state index in [9.17, 15) is 14.0 Å². The first-order chi connectivity index (χ1) is 11.4. The molecule has 0 aliphatic rings. The predicted molar refractivity (Wildman–Crippen MR) is 91.5 cm³/mol. The fourth-order valence-electron chi connectivity index (χ4n) is 2.31. The topological polar surface area (TPSA) is 62.6 Å². The molecule has 0 spiro atoms. The molecule has 24 heavy (non-hydrogen) atoms. The molecular weight excluding hydrogens is 309 g/mol. The van der Waals surface area contributed by atoms with Crippen molar-refractivity contribution in [1.82, 2.24) is 0 Å². The molecule has 0 aromatic heterocycles. The SMILES string of the molecule is Cc1cccc(NC(=O)C[NH+](C)CC(=O)Nc2cccc(F)c2)c1. The van der Waals surface area contributed by atoms with Gasteiger partial charge in [0, 0.05) is 11.4 Å². The summed E-state index contributed by atoms with van der Waals surface area (Å²) in [4.78, 5) is 24.7. The molecule has 2 aromatic rings. The molecule has 0 bridgehead atoms. The number of benzene rings is 2. The van der Waals surface area contributed by atoms with E-state index in [1.165, 1.54) is 18.2 Å². The summed E-state index contributed by atoms with van der Waals surface area (Å²) in [6.07, 6.45) is 0. The van der Waals surface area contributed by atoms with Crippen LogP contribution in [0.25, 0.3) is 0 Å². The summed E-state index contributed by atoms with van der Waals surface area (Å²) >= 11 is 0. The third-order valence-electron chi connectivity index (χ3n) is 3.33. The molecule has 2 aromatic carbocycles. The average Bonchev–Trinajstić information content (AvgIpc) is 2.46. The molecule has 5 nitrogen and oxygen atoms in total. The van der Waals surface area contributed by atoms with Gasteiger partial charge in [0.1, 0.15) is 5.82 Å². The van der Waals surface area contributed by atoms with Crippen molar-refractivity contribution < 1.29 is 18.9 Å². The first kappa shape index (κ1) is 17.6. The highest BCUT2D eigenvalue weighted by Crippen LogP contribution is 2.09. The number of nitrogens with one attached hydrogen (secondary N) is 3. The fourth-order valence-corrected chi connectivity index (χ4v) is 2.31. The van der Waals surface area contributed by atoms with Crippen LogP contribution in [0.15, 0.2) is 48.5 Å². The number of amides is 2. The smallest absolute Gasteiger partial charge is 0.279 e. The van der Waals surface area contributed by atoms with Crippen molar-refractivity contribution in [1.29, 1.82) is 0 Å². The van der Waals surface area contributed by atoms with E-state index in [1.54, 1.807) is 13.1 Å². The normalized spacial score (nSPS) is 11.6. The van der Waals surface area contributed by atoms with Gasteiger partial charge in [-0.05, 0) is 42.8 Å². The standard InChI is InChI=1S/C18H20FN3O2/c1-13-5-3-7-15(9-13)20-17(23)11-22(2)12-18(24)21-16-8-4-6-14(19)10-16/h3-10H,11-12H2,1-2H3,(H,20,23)(H,21,24)/p+1. The summed E-state index contributed by atoms with van der Waals surface area (Å²) in [6.45, 7) is 2.21. The zero-order chi connectivity index (χ0) is 17.5. The number of halogens is 1. The van der Waals surface area contributed by atoms with E-state index in [4.69, 9.17) is 0 Å². The lowest BCUT2D eigenvalue weighted by molar-refractivity contribution is -0.862. The molecule has 6 heteroatoms. The lowest BCUT2D eigenvalue weighted by Gasteiger charge is -2.14. The summed E-state index contributed by atoms with van der Waals surface area (Å²) in [5.41, 5.74) is 2.19. The van der Waals surface area contributed by atoms with Gasteiger partial charge in [-0.15, -0.1) is 0 Å². The second-order valence-corrected chi connectivity index (χ2v) is 5.79. The van der Waals surface area contributed by atoms with E-state index in [1.807, 2.05) is 31.2 Å². The third kappa shape index (κ3) is 5.81. The summed E-state index contributed by atoms with van der Waals surface area (Å²) in [5, 5.41) is 5.42. The zero-order valence-electron chi connectivity index (χ0n) is 13.7. The Bertz CT molecular complexity index is 672. The molecule has 3 N–H and O–H groups in total. The van der Waals surface area contributed by atoms with Crippen LogP contribution in [-0.4, -0.2) is 32.0 Å². The number of anilines is 2. The van der Waals surface area contributed by atoms with Gasteiger partial charge >= 0.3 is 0 Å². The van der Waals surface area contributed by atoms with Crippen LogP contribution in [0.3, 0.4) is 0 Å². The van der Waals surface area contributed by atoms with Gasteiger partial charge in [-0.3, -0.25) is 9.59 Å². The second kappa shape index (κ2) is 8.21. The monoisotopic (exact) mass is 330 g/mol. The minimum absolute atomic E-state index is 0.109. The van der Waals surface area contributed by atoms with Crippen LogP contribution in [0.2, 0.25) is 0 Å². The summed E-state index contributed by atoms with van der Waals surface area (Å²) in [5.74, 6) is -0.857. The van der Waals surface area contributed by atoms with Gasteiger partial charge in [-0.2, -0.15) is 0 Å². The van der Waals surface area contributed by atoms with Gasteiger partial charge in [0.15, 0.2) is 13.1 Å². The van der Waals surface area contributed by atoms with Gasteiger partial charge in [0.2, 0.25) is 0 Å². The number of hydrogen-bond acceptors (Lipinski definition) is 2. The van der Waals surface area contributed by atoms with Crippen molar-refractivity contribution in [2.45, 2.75) is 6.92 Å². The minimum Gasteiger partial charge on any atom is -0.322 e. The molecule has 0 saturated heterocycles. The predicted octanol–water partition coefficient (Wildman–Crippen LogP) is 1.23. The van der Waals surface area contributed by atoms with Gasteiger partial charge in [0.25, 0.3) is 11.8 Å². The van der Waals surface area contributed by atoms with Crippen LogP contribution in [0.1, 0.15) is 5.56 Å². The Kier molecular flexibility index (Phi) is 6.03. The van der Waals surface area contributed by atoms with Crippen LogP contribution in [0.5, 0.6) is 0 Å². The number of rotatable bonds is 6. The van der Waals surface area contributed by atoms with Crippen molar-refractivity contribution in [2.75, 3.05) is 30.8 Å². The zero-order valence-corrected chi connectivity index (χ0v) is 13.7. The maximum atomic E-state index is 13.1. The quantitative estimate of drug-likeness (QED) is 0.746. The fraction of sp³-hybridized carbons (Fsp3) is 0.222. The lowest BCUT2D eigenvalue weighted by atomic mass is 10.2. The number of carbonyl (C=O) groups excluding carboxylic acids is 2. The van der Waals surface area contributed by atoms with Gasteiger partial charge in [-0.1, -0.05) is 18.2 Å². The highest BCUT2D eigenvalue weighted by Gasteiger charge is 2.14. The van der Waals surface area contributed by atoms with Gasteiger partial charge in [-0.25, -0.2) is 4.39 Å². The number of aryl methyl sites for hydroxylation is 1. The summed E-state index contributed by atoms with van der Waals surface area (Å²) in [6, 6.07) is 13.2. The molecule has 2 rings (SSSR count). The summed E-state index contributed by atoms with van der Waals surface area (Å²) < 4.78 is 13.1. The van der Waals surface area contributed by atoms with Crippen molar-refractivity contribution in [3.63, 3.8) is 0 Å². The van der Waals surface area contributed by atoms with E-state index in [0.29, 0.717) is 5.69 Å². The van der Waals surface area contributed by atoms with E-state index in [2.05, 4.69) is 10.6 Å². The van der Waals surface area contributed by atoms with Crippen LogP contribution in [0.4, 0.5) is 15.8 Å². The lowest BCUT2D eigenvalue weighted by Crippen LogP contribution is -3.11. The maximum Gasteiger partial charge on any atom is 0.279 e. The molecule has 126 valence electrons. The Morgan fingerprint density at radius 2 is 1.50 bits per heavy atom. The van der Waals surface area contributed by atoms with Crippen LogP contribution in [0, 0.1) is 12.7 Å². The maximum absolute atomic E-state index is 13.1. The number of hydrogen-bond donors (Lipinski definition) is 3. The molecule has 0 heterocycles. The molecule has 0 saturated carbocycles. The molecule has 1 atom stereocenters. The van der Waals surface area contributed by atoms with E-state index in [-0.39, 0.29) is 24.9 Å². The van der Waals surface area contributed by atoms with Crippen molar-refractivity contribution in [3.8, 4) is 0 Å². The first-order valence-corrected chi connectivity index (χ1v) is 7.65. The number of quaternary nitrogens is 1. The van der Waals surface area contributed by atoms with Crippen LogP contribution in [-0.2, 0) is 9.59 Å². The highest BCUT2D eigenvalue weighted by atomic mass is 19.1. The van der Waals surface area contributed by atoms with Gasteiger partial charge < -0.3 is 15.5 Å². The largest absolute Gasteiger partial charge is 0.322 e. The second-order valence-electron chi connectivity index (χ2n) is 5.79. The highest BCUT2D eigenvalue weighted by molar-refractivity contribution is 5.93. The molecular formula is C18H21FN3O2+. The molecule has 2 amide bonds. The number of likely N-dealkylation sites (N-methyl/N-ethyl adjacent to an activating group) is 1. The third-order valence-corrected chi connectivity index (χ3v) is 3.33. The van der Waals surface area contributed by atoms with E-state index in [0.717, 1.165) is 16.2 Å². The Labute approximate surface area is 140 Å². The Morgan fingerprint density at radius 1 is 0.958 bits per heavy atom. The minimum atomic E-state index is -0.411. The van der Waals surface area contributed by atoms with Crippen LogP contribution < -0.4 is 15.5 Å². The molecule has 0 fully saturated rings. The summed E-state index contributed by atoms with van der Waals surface area (Å²) in [7, 11) is 1.75. The van der Waals surface area contributed by atoms with Gasteiger partial charge in [0.05, 0.1) is 7.05 Å². The molecule has 0 aliphatic carbocycles. The molecule has 1 unspecified atom stereocenters. The Balaban J connectivity index is 1.80. The first-order valence-electron chi connectivity index (χ1n) is 7.65. The number of carbonyl (C=O) groups is 2. The average molecular weight is 330 g/mol. The molecule has 0 aliphatic heterocycles. The van der Waals surface area contributed by atoms with Crippen molar-refractivity contribution in [2.24, 2.45) is 0 Å². The Morgan fingerprint density at radius 3 is 2.04 bits per heavy atom. The van der Waals surface area contributed by atoms with Crippen molar-refractivity contribution >= 4 is 23.2 Å². The Hall–Kier alpha value is -2.73. The van der Waals surface area contributed by atoms with E-state index >= 15 is 0 Å².